The van der Waals surface area contributed by atoms with Gasteiger partial charge in [-0.2, -0.15) is 0 Å². The number of hydrogen-bond acceptors (Lipinski definition) is 5. The Morgan fingerprint density at radius 2 is 2.12 bits per heavy atom. The summed E-state index contributed by atoms with van der Waals surface area (Å²) < 4.78 is 5.17. The summed E-state index contributed by atoms with van der Waals surface area (Å²) in [5, 5.41) is 19.8. The van der Waals surface area contributed by atoms with Crippen molar-refractivity contribution in [2.24, 2.45) is 0 Å². The standard InChI is InChI=1S/C10H13NO4S/c1-6-7(8(12)13)16-9(11-6)10(14)2-4-15-5-3-10/h14H,2-5H2,1H3,(H,12,13). The summed E-state index contributed by atoms with van der Waals surface area (Å²) in [4.78, 5) is 15.2. The summed E-state index contributed by atoms with van der Waals surface area (Å²) >= 11 is 1.06. The van der Waals surface area contributed by atoms with Gasteiger partial charge in [-0.05, 0) is 6.92 Å². The number of aliphatic hydroxyl groups is 1. The van der Waals surface area contributed by atoms with Crippen LogP contribution in [-0.2, 0) is 10.3 Å². The lowest BCUT2D eigenvalue weighted by atomic mass is 9.95. The third-order valence-corrected chi connectivity index (χ3v) is 4.05. The van der Waals surface area contributed by atoms with Crippen molar-refractivity contribution in [2.75, 3.05) is 13.2 Å². The molecule has 0 unspecified atom stereocenters. The average Bonchev–Trinajstić information content (AvgIpc) is 2.62. The Morgan fingerprint density at radius 1 is 1.50 bits per heavy atom. The Morgan fingerprint density at radius 3 is 2.62 bits per heavy atom. The van der Waals surface area contributed by atoms with Crippen LogP contribution in [0.5, 0.6) is 0 Å². The van der Waals surface area contributed by atoms with Crippen LogP contribution in [0.25, 0.3) is 0 Å². The van der Waals surface area contributed by atoms with E-state index in [4.69, 9.17) is 9.84 Å². The van der Waals surface area contributed by atoms with Crippen LogP contribution < -0.4 is 0 Å². The SMILES string of the molecule is Cc1nc(C2(O)CCOCC2)sc1C(=O)O. The van der Waals surface area contributed by atoms with Crippen molar-refractivity contribution in [3.05, 3.63) is 15.6 Å². The van der Waals surface area contributed by atoms with Crippen LogP contribution in [-0.4, -0.2) is 34.4 Å². The first-order valence-electron chi connectivity index (χ1n) is 5.04. The number of carboxylic acid groups (broad SMARTS) is 1. The van der Waals surface area contributed by atoms with E-state index in [2.05, 4.69) is 4.98 Å². The summed E-state index contributed by atoms with van der Waals surface area (Å²) in [5.41, 5.74) is -0.547. The summed E-state index contributed by atoms with van der Waals surface area (Å²) in [6.45, 7) is 2.61. The number of rotatable bonds is 2. The second kappa shape index (κ2) is 4.12. The fourth-order valence-electron chi connectivity index (χ4n) is 1.72. The lowest BCUT2D eigenvalue weighted by Gasteiger charge is -2.29. The van der Waals surface area contributed by atoms with E-state index in [0.29, 0.717) is 36.8 Å². The maximum atomic E-state index is 10.9. The maximum Gasteiger partial charge on any atom is 0.347 e. The molecule has 0 spiro atoms. The summed E-state index contributed by atoms with van der Waals surface area (Å²) in [6, 6.07) is 0. The molecular weight excluding hydrogens is 230 g/mol. The molecule has 6 heteroatoms. The smallest absolute Gasteiger partial charge is 0.347 e. The monoisotopic (exact) mass is 243 g/mol. The molecule has 2 rings (SSSR count). The first-order chi connectivity index (χ1) is 7.53. The Balaban J connectivity index is 2.33. The van der Waals surface area contributed by atoms with Gasteiger partial charge in [-0.1, -0.05) is 0 Å². The third kappa shape index (κ3) is 1.95. The van der Waals surface area contributed by atoms with E-state index in [0.717, 1.165) is 11.3 Å². The number of hydrogen-bond donors (Lipinski definition) is 2. The van der Waals surface area contributed by atoms with Crippen molar-refractivity contribution < 1.29 is 19.7 Å². The highest BCUT2D eigenvalue weighted by atomic mass is 32.1. The quantitative estimate of drug-likeness (QED) is 0.814. The Bertz CT molecular complexity index is 409. The molecule has 2 heterocycles. The first-order valence-corrected chi connectivity index (χ1v) is 5.86. The average molecular weight is 243 g/mol. The minimum absolute atomic E-state index is 0.204. The van der Waals surface area contributed by atoms with E-state index in [1.54, 1.807) is 6.92 Å². The molecule has 1 aliphatic rings. The van der Waals surface area contributed by atoms with Crippen molar-refractivity contribution in [3.63, 3.8) is 0 Å². The molecule has 88 valence electrons. The molecule has 1 fully saturated rings. The Kier molecular flexibility index (Phi) is 2.96. The molecule has 1 aromatic heterocycles. The van der Waals surface area contributed by atoms with E-state index in [9.17, 15) is 9.90 Å². The van der Waals surface area contributed by atoms with Crippen molar-refractivity contribution in [1.29, 1.82) is 0 Å². The lowest BCUT2D eigenvalue weighted by molar-refractivity contribution is -0.0680. The lowest BCUT2D eigenvalue weighted by Crippen LogP contribution is -2.33. The van der Waals surface area contributed by atoms with Crippen LogP contribution >= 0.6 is 11.3 Å². The second-order valence-corrected chi connectivity index (χ2v) is 4.88. The van der Waals surface area contributed by atoms with Gasteiger partial charge >= 0.3 is 5.97 Å². The number of ether oxygens (including phenoxy) is 1. The van der Waals surface area contributed by atoms with Gasteiger partial charge < -0.3 is 14.9 Å². The number of carboxylic acids is 1. The van der Waals surface area contributed by atoms with Crippen molar-refractivity contribution in [3.8, 4) is 0 Å². The van der Waals surface area contributed by atoms with Gasteiger partial charge in [0.25, 0.3) is 0 Å². The van der Waals surface area contributed by atoms with Crippen LogP contribution in [0, 0.1) is 6.92 Å². The van der Waals surface area contributed by atoms with Gasteiger partial charge in [0.2, 0.25) is 0 Å². The van der Waals surface area contributed by atoms with E-state index in [1.807, 2.05) is 0 Å². The minimum Gasteiger partial charge on any atom is -0.477 e. The minimum atomic E-state index is -1.01. The molecule has 1 aliphatic heterocycles. The van der Waals surface area contributed by atoms with Gasteiger partial charge in [-0.15, -0.1) is 11.3 Å². The van der Waals surface area contributed by atoms with Gasteiger partial charge in [0.1, 0.15) is 15.5 Å². The molecule has 1 saturated heterocycles. The normalized spacial score (nSPS) is 19.6. The van der Waals surface area contributed by atoms with Crippen LogP contribution in [0.4, 0.5) is 0 Å². The molecule has 1 aromatic rings. The molecule has 0 amide bonds. The fraction of sp³-hybridized carbons (Fsp3) is 0.600. The highest BCUT2D eigenvalue weighted by Crippen LogP contribution is 2.35. The summed E-state index contributed by atoms with van der Waals surface area (Å²) in [7, 11) is 0. The Labute approximate surface area is 96.7 Å². The second-order valence-electron chi connectivity index (χ2n) is 3.88. The zero-order valence-corrected chi connectivity index (χ0v) is 9.71. The van der Waals surface area contributed by atoms with Crippen molar-refractivity contribution in [2.45, 2.75) is 25.4 Å². The molecular formula is C10H13NO4S. The topological polar surface area (TPSA) is 79.7 Å². The molecule has 0 bridgehead atoms. The van der Waals surface area contributed by atoms with E-state index >= 15 is 0 Å². The Hall–Kier alpha value is -0.980. The zero-order chi connectivity index (χ0) is 11.8. The van der Waals surface area contributed by atoms with E-state index in [1.165, 1.54) is 0 Å². The van der Waals surface area contributed by atoms with Crippen LogP contribution in [0.1, 0.15) is 33.2 Å². The van der Waals surface area contributed by atoms with Gasteiger partial charge in [0.05, 0.1) is 5.69 Å². The van der Waals surface area contributed by atoms with Crippen LogP contribution in [0.2, 0.25) is 0 Å². The first kappa shape index (κ1) is 11.5. The van der Waals surface area contributed by atoms with Crippen LogP contribution in [0.3, 0.4) is 0 Å². The maximum absolute atomic E-state index is 10.9. The van der Waals surface area contributed by atoms with Gasteiger partial charge in [-0.3, -0.25) is 0 Å². The number of aromatic nitrogens is 1. The van der Waals surface area contributed by atoms with E-state index in [-0.39, 0.29) is 4.88 Å². The fourth-order valence-corrected chi connectivity index (χ4v) is 2.77. The summed E-state index contributed by atoms with van der Waals surface area (Å²) in [5.74, 6) is -0.989. The molecule has 0 saturated carbocycles. The van der Waals surface area contributed by atoms with Crippen LogP contribution in [0.15, 0.2) is 0 Å². The summed E-state index contributed by atoms with van der Waals surface area (Å²) in [6.07, 6.45) is 0.942. The highest BCUT2D eigenvalue weighted by molar-refractivity contribution is 7.13. The molecule has 2 N–H and O–H groups in total. The van der Waals surface area contributed by atoms with Gasteiger partial charge in [0, 0.05) is 26.1 Å². The zero-order valence-electron chi connectivity index (χ0n) is 8.89. The largest absolute Gasteiger partial charge is 0.477 e. The predicted octanol–water partition coefficient (Wildman–Crippen LogP) is 1.15. The number of carbonyl (C=O) groups is 1. The molecule has 5 nitrogen and oxygen atoms in total. The van der Waals surface area contributed by atoms with Crippen molar-refractivity contribution >= 4 is 17.3 Å². The number of nitrogens with zero attached hydrogens (tertiary/aromatic N) is 1. The molecule has 0 radical (unpaired) electrons. The molecule has 0 atom stereocenters. The number of aromatic carboxylic acids is 1. The van der Waals surface area contributed by atoms with Crippen molar-refractivity contribution in [1.82, 2.24) is 4.98 Å². The third-order valence-electron chi connectivity index (χ3n) is 2.71. The highest BCUT2D eigenvalue weighted by Gasteiger charge is 2.36. The number of aryl methyl sites for hydroxylation is 1. The number of thiazole rings is 1. The van der Waals surface area contributed by atoms with Gasteiger partial charge in [-0.25, -0.2) is 9.78 Å². The van der Waals surface area contributed by atoms with Gasteiger partial charge in [0.15, 0.2) is 0 Å². The molecule has 16 heavy (non-hydrogen) atoms. The van der Waals surface area contributed by atoms with E-state index < -0.39 is 11.6 Å². The molecule has 0 aliphatic carbocycles. The predicted molar refractivity (Wildman–Crippen MR) is 57.8 cm³/mol. The molecule has 0 aromatic carbocycles.